The van der Waals surface area contributed by atoms with Crippen LogP contribution < -0.4 is 5.73 Å². The molecule has 0 spiro atoms. The van der Waals surface area contributed by atoms with Crippen LogP contribution in [-0.2, 0) is 14.6 Å². The summed E-state index contributed by atoms with van der Waals surface area (Å²) >= 11 is 0. The normalized spacial score (nSPS) is 22.1. The number of halogens is 1. The first kappa shape index (κ1) is 19.7. The van der Waals surface area contributed by atoms with Crippen molar-refractivity contribution in [2.45, 2.75) is 58.0 Å². The van der Waals surface area contributed by atoms with Crippen molar-refractivity contribution in [1.29, 1.82) is 0 Å². The zero-order valence-corrected chi connectivity index (χ0v) is 14.0. The van der Waals surface area contributed by atoms with Crippen LogP contribution in [0.2, 0.25) is 0 Å². The Balaban J connectivity index is 0.00000361. The van der Waals surface area contributed by atoms with Gasteiger partial charge in [-0.3, -0.25) is 4.79 Å². The molecule has 1 saturated heterocycles. The Morgan fingerprint density at radius 2 is 2.00 bits per heavy atom. The Hall–Kier alpha value is -0.330. The van der Waals surface area contributed by atoms with E-state index in [1.807, 2.05) is 6.92 Å². The summed E-state index contributed by atoms with van der Waals surface area (Å²) in [5, 5.41) is 0. The highest BCUT2D eigenvalue weighted by Crippen LogP contribution is 2.19. The standard InChI is InChI=1S/C13H26N2O3S.ClH/c1-3-5-8-15(13(16)12(14)6-4-2)11-7-9-19(17,18)10-11;/h11-12H,3-10,14H2,1-2H3;1H. The topological polar surface area (TPSA) is 80.5 Å². The molecular weight excluding hydrogens is 300 g/mol. The molecule has 0 bridgehead atoms. The zero-order valence-electron chi connectivity index (χ0n) is 12.4. The van der Waals surface area contributed by atoms with E-state index < -0.39 is 15.9 Å². The molecule has 0 aliphatic carbocycles. The SMILES string of the molecule is CCCCN(C(=O)C(N)CCC)C1CCS(=O)(=O)C1.Cl. The number of sulfone groups is 1. The van der Waals surface area contributed by atoms with E-state index in [4.69, 9.17) is 5.73 Å². The Kier molecular flexibility index (Phi) is 8.70. The van der Waals surface area contributed by atoms with Crippen molar-refractivity contribution < 1.29 is 13.2 Å². The maximum atomic E-state index is 12.3. The van der Waals surface area contributed by atoms with Crippen molar-refractivity contribution in [1.82, 2.24) is 4.90 Å². The Bertz CT molecular complexity index is 400. The predicted octanol–water partition coefficient (Wildman–Crippen LogP) is 1.35. The fourth-order valence-corrected chi connectivity index (χ4v) is 4.20. The van der Waals surface area contributed by atoms with E-state index in [1.165, 1.54) is 0 Å². The van der Waals surface area contributed by atoms with Gasteiger partial charge in [0.1, 0.15) is 0 Å². The van der Waals surface area contributed by atoms with Gasteiger partial charge in [-0.2, -0.15) is 0 Å². The van der Waals surface area contributed by atoms with Gasteiger partial charge in [0, 0.05) is 12.6 Å². The lowest BCUT2D eigenvalue weighted by Crippen LogP contribution is -2.49. The van der Waals surface area contributed by atoms with E-state index in [0.717, 1.165) is 19.3 Å². The Labute approximate surface area is 128 Å². The van der Waals surface area contributed by atoms with Gasteiger partial charge >= 0.3 is 0 Å². The first-order chi connectivity index (χ1) is 8.91. The summed E-state index contributed by atoms with van der Waals surface area (Å²) in [5.74, 6) is 0.204. The van der Waals surface area contributed by atoms with Crippen molar-refractivity contribution in [3.05, 3.63) is 0 Å². The number of unbranched alkanes of at least 4 members (excludes halogenated alkanes) is 1. The van der Waals surface area contributed by atoms with Crippen LogP contribution in [0.5, 0.6) is 0 Å². The summed E-state index contributed by atoms with van der Waals surface area (Å²) in [6.07, 6.45) is 3.93. The number of nitrogens with two attached hydrogens (primary N) is 1. The second kappa shape index (κ2) is 8.85. The molecule has 20 heavy (non-hydrogen) atoms. The summed E-state index contributed by atoms with van der Waals surface area (Å²) < 4.78 is 23.1. The molecular formula is C13H27ClN2O3S. The Morgan fingerprint density at radius 3 is 2.45 bits per heavy atom. The predicted molar refractivity (Wildman–Crippen MR) is 83.8 cm³/mol. The largest absolute Gasteiger partial charge is 0.337 e. The molecule has 1 heterocycles. The molecule has 1 fully saturated rings. The number of nitrogens with zero attached hydrogens (tertiary/aromatic N) is 1. The number of hydrogen-bond acceptors (Lipinski definition) is 4. The van der Waals surface area contributed by atoms with Crippen LogP contribution in [0.4, 0.5) is 0 Å². The van der Waals surface area contributed by atoms with Gasteiger partial charge in [-0.15, -0.1) is 12.4 Å². The fraction of sp³-hybridized carbons (Fsp3) is 0.923. The molecule has 120 valence electrons. The van der Waals surface area contributed by atoms with Crippen LogP contribution in [-0.4, -0.2) is 49.4 Å². The third-order valence-corrected chi connectivity index (χ3v) is 5.35. The van der Waals surface area contributed by atoms with E-state index in [1.54, 1.807) is 4.90 Å². The lowest BCUT2D eigenvalue weighted by Gasteiger charge is -2.30. The summed E-state index contributed by atoms with van der Waals surface area (Å²) in [4.78, 5) is 14.1. The van der Waals surface area contributed by atoms with E-state index >= 15 is 0 Å². The summed E-state index contributed by atoms with van der Waals surface area (Å²) in [7, 11) is -2.97. The summed E-state index contributed by atoms with van der Waals surface area (Å²) in [6, 6.07) is -0.669. The van der Waals surface area contributed by atoms with Crippen LogP contribution in [0.15, 0.2) is 0 Å². The van der Waals surface area contributed by atoms with E-state index in [9.17, 15) is 13.2 Å². The minimum Gasteiger partial charge on any atom is -0.337 e. The molecule has 0 aromatic heterocycles. The smallest absolute Gasteiger partial charge is 0.239 e. The molecule has 1 amide bonds. The summed E-state index contributed by atoms with van der Waals surface area (Å²) in [6.45, 7) is 4.66. The van der Waals surface area contributed by atoms with Gasteiger partial charge < -0.3 is 10.6 Å². The molecule has 0 aromatic carbocycles. The van der Waals surface area contributed by atoms with Gasteiger partial charge in [-0.05, 0) is 19.3 Å². The maximum absolute atomic E-state index is 12.3. The van der Waals surface area contributed by atoms with E-state index in [2.05, 4.69) is 6.92 Å². The van der Waals surface area contributed by atoms with Gasteiger partial charge in [-0.25, -0.2) is 8.42 Å². The molecule has 5 nitrogen and oxygen atoms in total. The van der Waals surface area contributed by atoms with E-state index in [0.29, 0.717) is 19.4 Å². The van der Waals surface area contributed by atoms with Crippen molar-refractivity contribution >= 4 is 28.2 Å². The second-order valence-electron chi connectivity index (χ2n) is 5.34. The highest BCUT2D eigenvalue weighted by atomic mass is 35.5. The van der Waals surface area contributed by atoms with Crippen LogP contribution in [0.1, 0.15) is 46.0 Å². The van der Waals surface area contributed by atoms with Gasteiger partial charge in [0.15, 0.2) is 9.84 Å². The molecule has 1 aliphatic rings. The molecule has 0 saturated carbocycles. The minimum atomic E-state index is -2.97. The van der Waals surface area contributed by atoms with Gasteiger partial charge in [-0.1, -0.05) is 26.7 Å². The number of rotatable bonds is 7. The molecule has 2 atom stereocenters. The molecule has 2 unspecified atom stereocenters. The van der Waals surface area contributed by atoms with Crippen LogP contribution in [0.3, 0.4) is 0 Å². The van der Waals surface area contributed by atoms with Gasteiger partial charge in [0.25, 0.3) is 0 Å². The summed E-state index contributed by atoms with van der Waals surface area (Å²) in [5.41, 5.74) is 5.89. The first-order valence-corrected chi connectivity index (χ1v) is 9.00. The number of hydrogen-bond donors (Lipinski definition) is 1. The average molecular weight is 327 g/mol. The number of carbonyl (C=O) groups is 1. The molecule has 1 aliphatic heterocycles. The lowest BCUT2D eigenvalue weighted by molar-refractivity contribution is -0.134. The third-order valence-electron chi connectivity index (χ3n) is 3.60. The fourth-order valence-electron chi connectivity index (χ4n) is 2.47. The molecule has 1 rings (SSSR count). The van der Waals surface area contributed by atoms with Crippen molar-refractivity contribution in [2.75, 3.05) is 18.1 Å². The third kappa shape index (κ3) is 5.58. The van der Waals surface area contributed by atoms with Crippen LogP contribution in [0, 0.1) is 0 Å². The monoisotopic (exact) mass is 326 g/mol. The van der Waals surface area contributed by atoms with Crippen molar-refractivity contribution in [3.8, 4) is 0 Å². The van der Waals surface area contributed by atoms with Crippen LogP contribution in [0.25, 0.3) is 0 Å². The number of carbonyl (C=O) groups excluding carboxylic acids is 1. The van der Waals surface area contributed by atoms with Crippen LogP contribution >= 0.6 is 12.4 Å². The highest BCUT2D eigenvalue weighted by molar-refractivity contribution is 7.91. The van der Waals surface area contributed by atoms with Gasteiger partial charge in [0.05, 0.1) is 17.5 Å². The molecule has 0 aromatic rings. The zero-order chi connectivity index (χ0) is 14.5. The average Bonchev–Trinajstić information content (AvgIpc) is 2.70. The molecule has 2 N–H and O–H groups in total. The van der Waals surface area contributed by atoms with Gasteiger partial charge in [0.2, 0.25) is 5.91 Å². The Morgan fingerprint density at radius 1 is 1.35 bits per heavy atom. The van der Waals surface area contributed by atoms with Crippen molar-refractivity contribution in [2.24, 2.45) is 5.73 Å². The molecule has 7 heteroatoms. The van der Waals surface area contributed by atoms with E-state index in [-0.39, 0.29) is 35.9 Å². The maximum Gasteiger partial charge on any atom is 0.239 e. The second-order valence-corrected chi connectivity index (χ2v) is 7.57. The quantitative estimate of drug-likeness (QED) is 0.765. The lowest BCUT2D eigenvalue weighted by atomic mass is 10.1. The highest BCUT2D eigenvalue weighted by Gasteiger charge is 2.35. The van der Waals surface area contributed by atoms with Crippen molar-refractivity contribution in [3.63, 3.8) is 0 Å². The molecule has 0 radical (unpaired) electrons. The number of amides is 1. The minimum absolute atomic E-state index is 0. The first-order valence-electron chi connectivity index (χ1n) is 7.17.